The fourth-order valence-electron chi connectivity index (χ4n) is 1.50. The topological polar surface area (TPSA) is 116 Å². The van der Waals surface area contributed by atoms with Gasteiger partial charge in [-0.1, -0.05) is 0 Å². The maximum atomic E-state index is 11.7. The zero-order chi connectivity index (χ0) is 14.3. The highest BCUT2D eigenvalue weighted by molar-refractivity contribution is 5.90. The Hall–Kier alpha value is -1.47. The number of rotatable bonds is 8. The normalized spacial score (nSPS) is 15.6. The van der Waals surface area contributed by atoms with Crippen LogP contribution in [0.25, 0.3) is 0 Å². The third-order valence-electron chi connectivity index (χ3n) is 2.53. The average molecular weight is 260 g/mol. The van der Waals surface area contributed by atoms with Gasteiger partial charge in [-0.15, -0.1) is 0 Å². The lowest BCUT2D eigenvalue weighted by molar-refractivity contribution is -0.138. The van der Waals surface area contributed by atoms with Crippen LogP contribution >= 0.6 is 0 Å². The highest BCUT2D eigenvalue weighted by Gasteiger charge is 2.25. The Labute approximate surface area is 106 Å². The minimum atomic E-state index is -1.03. The molecule has 104 valence electrons. The number of aliphatic hydroxyl groups excluding tert-OH is 1. The number of carboxylic acid groups (broad SMARTS) is 1. The Morgan fingerprint density at radius 3 is 2.17 bits per heavy atom. The summed E-state index contributed by atoms with van der Waals surface area (Å²) in [5.41, 5.74) is 0. The fourth-order valence-corrected chi connectivity index (χ4v) is 1.50. The molecule has 1 amide bonds. The number of nitrogens with one attached hydrogen (secondary N) is 2. The van der Waals surface area contributed by atoms with Crippen LogP contribution in [0.4, 0.5) is 0 Å². The van der Waals surface area contributed by atoms with E-state index in [9.17, 15) is 19.5 Å². The van der Waals surface area contributed by atoms with Gasteiger partial charge in [0.05, 0.1) is 12.1 Å². The molecule has 0 heterocycles. The Morgan fingerprint density at radius 2 is 1.83 bits per heavy atom. The van der Waals surface area contributed by atoms with E-state index in [2.05, 4.69) is 10.6 Å². The number of carbonyl (C=O) groups excluding carboxylic acids is 2. The summed E-state index contributed by atoms with van der Waals surface area (Å²) in [6.07, 6.45) is -1.09. The predicted molar refractivity (Wildman–Crippen MR) is 64.0 cm³/mol. The standard InChI is InChI=1S/C11H20N2O5/c1-6(14)8(4-5-9(16)17)13-11(18)10(12-3)7(2)15/h7-8,10,12,15H,4-5H2,1-3H3,(H,13,18)(H,16,17)/t7-,8+,10+/m1/s1. The first-order valence-corrected chi connectivity index (χ1v) is 5.67. The van der Waals surface area contributed by atoms with Crippen LogP contribution in [0.2, 0.25) is 0 Å². The van der Waals surface area contributed by atoms with Crippen molar-refractivity contribution in [1.82, 2.24) is 10.6 Å². The molecule has 0 fully saturated rings. The number of Topliss-reactive ketones (excluding diaryl/α,β-unsaturated/α-hetero) is 1. The fraction of sp³-hybridized carbons (Fsp3) is 0.727. The molecule has 0 saturated carbocycles. The first kappa shape index (κ1) is 16.5. The molecule has 7 nitrogen and oxygen atoms in total. The van der Waals surface area contributed by atoms with Gasteiger partial charge in [-0.2, -0.15) is 0 Å². The largest absolute Gasteiger partial charge is 0.481 e. The number of carbonyl (C=O) groups is 3. The lowest BCUT2D eigenvalue weighted by atomic mass is 10.1. The minimum absolute atomic E-state index is 0.0344. The molecule has 0 aromatic heterocycles. The van der Waals surface area contributed by atoms with Gasteiger partial charge in [0.25, 0.3) is 0 Å². The van der Waals surface area contributed by atoms with Gasteiger partial charge < -0.3 is 20.8 Å². The quantitative estimate of drug-likeness (QED) is 0.440. The molecule has 0 bridgehead atoms. The van der Waals surface area contributed by atoms with Crippen LogP contribution < -0.4 is 10.6 Å². The van der Waals surface area contributed by atoms with Gasteiger partial charge in [0.15, 0.2) is 5.78 Å². The smallest absolute Gasteiger partial charge is 0.303 e. The van der Waals surface area contributed by atoms with Crippen molar-refractivity contribution in [3.8, 4) is 0 Å². The highest BCUT2D eigenvalue weighted by atomic mass is 16.4. The summed E-state index contributed by atoms with van der Waals surface area (Å²) >= 11 is 0. The SMILES string of the molecule is CN[C@H](C(=O)N[C@@H](CCC(=O)O)C(C)=O)[C@@H](C)O. The molecule has 0 unspecified atom stereocenters. The van der Waals surface area contributed by atoms with Crippen molar-refractivity contribution in [2.45, 2.75) is 44.9 Å². The predicted octanol–water partition coefficient (Wildman–Crippen LogP) is -1.11. The molecule has 0 aromatic carbocycles. The molecular formula is C11H20N2O5. The van der Waals surface area contributed by atoms with E-state index >= 15 is 0 Å². The minimum Gasteiger partial charge on any atom is -0.481 e. The lowest BCUT2D eigenvalue weighted by Crippen LogP contribution is -2.53. The van der Waals surface area contributed by atoms with Gasteiger partial charge in [0, 0.05) is 6.42 Å². The molecule has 0 aliphatic carbocycles. The Bertz CT molecular complexity index is 317. The number of hydrogen-bond donors (Lipinski definition) is 4. The summed E-state index contributed by atoms with van der Waals surface area (Å²) in [7, 11) is 1.51. The first-order chi connectivity index (χ1) is 8.29. The summed E-state index contributed by atoms with van der Waals surface area (Å²) in [5, 5.41) is 22.9. The zero-order valence-electron chi connectivity index (χ0n) is 10.8. The monoisotopic (exact) mass is 260 g/mol. The second-order valence-electron chi connectivity index (χ2n) is 4.11. The summed E-state index contributed by atoms with van der Waals surface area (Å²) < 4.78 is 0. The van der Waals surface area contributed by atoms with Gasteiger partial charge in [-0.3, -0.25) is 14.4 Å². The number of hydrogen-bond acceptors (Lipinski definition) is 5. The number of amides is 1. The number of carboxylic acids is 1. The molecule has 7 heteroatoms. The van der Waals surface area contributed by atoms with Crippen LogP contribution in [0.5, 0.6) is 0 Å². The van der Waals surface area contributed by atoms with E-state index in [1.807, 2.05) is 0 Å². The van der Waals surface area contributed by atoms with E-state index in [1.165, 1.54) is 20.9 Å². The molecule has 0 aliphatic heterocycles. The Balaban J connectivity index is 4.53. The Morgan fingerprint density at radius 1 is 1.28 bits per heavy atom. The van der Waals surface area contributed by atoms with Crippen LogP contribution in [0.1, 0.15) is 26.7 Å². The molecule has 0 spiro atoms. The Kier molecular flexibility index (Phi) is 7.14. The number of aliphatic hydroxyl groups is 1. The van der Waals surface area contributed by atoms with Crippen molar-refractivity contribution < 1.29 is 24.6 Å². The van der Waals surface area contributed by atoms with E-state index in [0.29, 0.717) is 0 Å². The molecule has 18 heavy (non-hydrogen) atoms. The van der Waals surface area contributed by atoms with Crippen LogP contribution in [0.3, 0.4) is 0 Å². The first-order valence-electron chi connectivity index (χ1n) is 5.67. The van der Waals surface area contributed by atoms with Gasteiger partial charge in [-0.25, -0.2) is 0 Å². The van der Waals surface area contributed by atoms with Crippen molar-refractivity contribution >= 4 is 17.7 Å². The van der Waals surface area contributed by atoms with Crippen molar-refractivity contribution in [2.75, 3.05) is 7.05 Å². The van der Waals surface area contributed by atoms with Crippen LogP contribution in [-0.4, -0.2) is 53.1 Å². The maximum Gasteiger partial charge on any atom is 0.303 e. The van der Waals surface area contributed by atoms with E-state index in [0.717, 1.165) is 0 Å². The van der Waals surface area contributed by atoms with Crippen LogP contribution in [-0.2, 0) is 14.4 Å². The number of aliphatic carboxylic acids is 1. The van der Waals surface area contributed by atoms with Gasteiger partial charge >= 0.3 is 5.97 Å². The number of ketones is 1. The van der Waals surface area contributed by atoms with E-state index in [1.54, 1.807) is 0 Å². The maximum absolute atomic E-state index is 11.7. The molecule has 0 radical (unpaired) electrons. The van der Waals surface area contributed by atoms with E-state index in [-0.39, 0.29) is 18.6 Å². The molecule has 0 saturated heterocycles. The van der Waals surface area contributed by atoms with Crippen molar-refractivity contribution in [3.05, 3.63) is 0 Å². The van der Waals surface area contributed by atoms with Crippen molar-refractivity contribution in [1.29, 1.82) is 0 Å². The molecule has 0 aliphatic rings. The molecule has 0 aromatic rings. The summed E-state index contributed by atoms with van der Waals surface area (Å²) in [6, 6.07) is -1.68. The molecule has 0 rings (SSSR count). The van der Waals surface area contributed by atoms with E-state index in [4.69, 9.17) is 5.11 Å². The van der Waals surface area contributed by atoms with Gasteiger partial charge in [-0.05, 0) is 27.3 Å². The van der Waals surface area contributed by atoms with Crippen LogP contribution in [0.15, 0.2) is 0 Å². The van der Waals surface area contributed by atoms with Crippen molar-refractivity contribution in [3.63, 3.8) is 0 Å². The number of likely N-dealkylation sites (N-methyl/N-ethyl adjacent to an activating group) is 1. The third kappa shape index (κ3) is 5.74. The van der Waals surface area contributed by atoms with Crippen molar-refractivity contribution in [2.24, 2.45) is 0 Å². The zero-order valence-corrected chi connectivity index (χ0v) is 10.8. The molecule has 3 atom stereocenters. The summed E-state index contributed by atoms with van der Waals surface area (Å²) in [4.78, 5) is 33.5. The van der Waals surface area contributed by atoms with Crippen LogP contribution in [0, 0.1) is 0 Å². The van der Waals surface area contributed by atoms with E-state index < -0.39 is 30.1 Å². The van der Waals surface area contributed by atoms with Gasteiger partial charge in [0.1, 0.15) is 6.04 Å². The summed E-state index contributed by atoms with van der Waals surface area (Å²) in [6.45, 7) is 2.73. The molecule has 4 N–H and O–H groups in total. The van der Waals surface area contributed by atoms with Gasteiger partial charge in [0.2, 0.25) is 5.91 Å². The second kappa shape index (κ2) is 7.78. The third-order valence-corrected chi connectivity index (χ3v) is 2.53. The average Bonchev–Trinajstić information content (AvgIpc) is 2.23. The molecular weight excluding hydrogens is 240 g/mol. The second-order valence-corrected chi connectivity index (χ2v) is 4.11. The summed E-state index contributed by atoms with van der Waals surface area (Å²) in [5.74, 6) is -1.88. The lowest BCUT2D eigenvalue weighted by Gasteiger charge is -2.22. The highest BCUT2D eigenvalue weighted by Crippen LogP contribution is 2.01.